The maximum atomic E-state index is 12.4. The first-order valence-electron chi connectivity index (χ1n) is 6.89. The van der Waals surface area contributed by atoms with E-state index in [1.54, 1.807) is 0 Å². The van der Waals surface area contributed by atoms with Crippen LogP contribution in [0.1, 0.15) is 26.3 Å². The summed E-state index contributed by atoms with van der Waals surface area (Å²) in [4.78, 5) is 11.8. The van der Waals surface area contributed by atoms with Crippen molar-refractivity contribution in [3.63, 3.8) is 0 Å². The van der Waals surface area contributed by atoms with Crippen molar-refractivity contribution < 1.29 is 22.7 Å². The summed E-state index contributed by atoms with van der Waals surface area (Å²) in [6.45, 7) is 5.69. The number of nitrogens with one attached hydrogen (secondary N) is 1. The van der Waals surface area contributed by atoms with E-state index in [9.17, 15) is 18.0 Å². The molecule has 1 aromatic rings. The van der Waals surface area contributed by atoms with E-state index in [1.165, 1.54) is 12.1 Å². The van der Waals surface area contributed by atoms with Gasteiger partial charge in [0, 0.05) is 6.54 Å². The van der Waals surface area contributed by atoms with Gasteiger partial charge in [-0.15, -0.1) is 0 Å². The molecule has 0 aliphatic rings. The van der Waals surface area contributed by atoms with Crippen LogP contribution in [0.2, 0.25) is 0 Å². The lowest BCUT2D eigenvalue weighted by Gasteiger charge is -2.33. The fraction of sp³-hybridized carbons (Fsp3) is 0.533. The second kappa shape index (κ2) is 7.00. The van der Waals surface area contributed by atoms with E-state index in [1.807, 2.05) is 20.8 Å². The summed E-state index contributed by atoms with van der Waals surface area (Å²) in [5.41, 5.74) is 4.34. The molecule has 1 atom stereocenters. The van der Waals surface area contributed by atoms with Crippen LogP contribution in [0.5, 0.6) is 5.75 Å². The van der Waals surface area contributed by atoms with Crippen LogP contribution >= 0.6 is 0 Å². The zero-order chi connectivity index (χ0) is 17.0. The lowest BCUT2D eigenvalue weighted by Crippen LogP contribution is -2.56. The molecule has 0 saturated carbocycles. The largest absolute Gasteiger partial charge is 0.484 e. The van der Waals surface area contributed by atoms with Gasteiger partial charge in [0.05, 0.1) is 11.1 Å². The zero-order valence-electron chi connectivity index (χ0n) is 12.8. The van der Waals surface area contributed by atoms with Crippen LogP contribution in [0.4, 0.5) is 13.2 Å². The first kappa shape index (κ1) is 18.3. The van der Waals surface area contributed by atoms with Crippen LogP contribution in [-0.4, -0.2) is 24.6 Å². The van der Waals surface area contributed by atoms with Gasteiger partial charge in [-0.1, -0.05) is 13.8 Å². The molecule has 1 aromatic carbocycles. The van der Waals surface area contributed by atoms with Gasteiger partial charge in [-0.2, -0.15) is 13.2 Å². The van der Waals surface area contributed by atoms with E-state index in [4.69, 9.17) is 10.5 Å². The Morgan fingerprint density at radius 2 is 1.82 bits per heavy atom. The molecule has 124 valence electrons. The fourth-order valence-electron chi connectivity index (χ4n) is 1.67. The number of carbonyl (C=O) groups is 1. The lowest BCUT2D eigenvalue weighted by molar-refractivity contribution is -0.137. The summed E-state index contributed by atoms with van der Waals surface area (Å²) in [5, 5.41) is 2.78. The predicted octanol–water partition coefficient (Wildman–Crippen LogP) is 2.57. The van der Waals surface area contributed by atoms with Crippen molar-refractivity contribution in [2.75, 3.05) is 13.2 Å². The van der Waals surface area contributed by atoms with E-state index >= 15 is 0 Å². The second-order valence-electron chi connectivity index (χ2n) is 5.64. The Morgan fingerprint density at radius 1 is 1.27 bits per heavy atom. The third-order valence-corrected chi connectivity index (χ3v) is 3.67. The summed E-state index contributed by atoms with van der Waals surface area (Å²) in [7, 11) is 0. The van der Waals surface area contributed by atoms with Gasteiger partial charge in [0.2, 0.25) is 0 Å². The highest BCUT2D eigenvalue weighted by Gasteiger charge is 2.30. The standard InChI is InChI=1S/C15H21F3N2O2/c1-10(2)14(3,9-19)20-13(21)8-22-12-6-4-11(5-7-12)15(16,17)18/h4-7,10H,8-9,19H2,1-3H3,(H,20,21). The highest BCUT2D eigenvalue weighted by atomic mass is 19.4. The molecule has 0 heterocycles. The smallest absolute Gasteiger partial charge is 0.416 e. The average molecular weight is 318 g/mol. The third-order valence-electron chi connectivity index (χ3n) is 3.67. The number of halogens is 3. The van der Waals surface area contributed by atoms with Crippen molar-refractivity contribution >= 4 is 5.91 Å². The molecule has 0 aliphatic heterocycles. The van der Waals surface area contributed by atoms with Crippen LogP contribution in [0.15, 0.2) is 24.3 Å². The zero-order valence-corrected chi connectivity index (χ0v) is 12.8. The highest BCUT2D eigenvalue weighted by molar-refractivity contribution is 5.78. The maximum Gasteiger partial charge on any atom is 0.416 e. The molecule has 1 rings (SSSR count). The molecular weight excluding hydrogens is 297 g/mol. The molecule has 22 heavy (non-hydrogen) atoms. The van der Waals surface area contributed by atoms with Crippen molar-refractivity contribution in [3.05, 3.63) is 29.8 Å². The number of alkyl halides is 3. The minimum Gasteiger partial charge on any atom is -0.484 e. The van der Waals surface area contributed by atoms with Gasteiger partial charge in [0.1, 0.15) is 5.75 Å². The normalized spacial score (nSPS) is 14.5. The number of benzene rings is 1. The molecule has 0 radical (unpaired) electrons. The average Bonchev–Trinajstić information content (AvgIpc) is 2.44. The van der Waals surface area contributed by atoms with E-state index < -0.39 is 17.3 Å². The quantitative estimate of drug-likeness (QED) is 0.847. The molecular formula is C15H21F3N2O2. The second-order valence-corrected chi connectivity index (χ2v) is 5.64. The Morgan fingerprint density at radius 3 is 2.23 bits per heavy atom. The van der Waals surface area contributed by atoms with Crippen molar-refractivity contribution in [2.45, 2.75) is 32.5 Å². The minimum absolute atomic E-state index is 0.132. The Balaban J connectivity index is 2.58. The van der Waals surface area contributed by atoms with Gasteiger partial charge < -0.3 is 15.8 Å². The van der Waals surface area contributed by atoms with Gasteiger partial charge in [0.15, 0.2) is 6.61 Å². The molecule has 4 nitrogen and oxygen atoms in total. The van der Waals surface area contributed by atoms with E-state index in [-0.39, 0.29) is 30.7 Å². The Labute approximate surface area is 127 Å². The van der Waals surface area contributed by atoms with Gasteiger partial charge in [-0.05, 0) is 37.1 Å². The van der Waals surface area contributed by atoms with Crippen LogP contribution in [0.25, 0.3) is 0 Å². The van der Waals surface area contributed by atoms with E-state index in [0.29, 0.717) is 0 Å². The molecule has 1 unspecified atom stereocenters. The van der Waals surface area contributed by atoms with Gasteiger partial charge in [0.25, 0.3) is 5.91 Å². The fourth-order valence-corrected chi connectivity index (χ4v) is 1.67. The SMILES string of the molecule is CC(C)C(C)(CN)NC(=O)COc1ccc(C(F)(F)F)cc1. The molecule has 0 saturated heterocycles. The number of nitrogens with two attached hydrogens (primary N) is 1. The van der Waals surface area contributed by atoms with Crippen LogP contribution in [0.3, 0.4) is 0 Å². The molecule has 0 bridgehead atoms. The number of amides is 1. The van der Waals surface area contributed by atoms with Crippen molar-refractivity contribution in [2.24, 2.45) is 11.7 Å². The summed E-state index contributed by atoms with van der Waals surface area (Å²) in [5.74, 6) is -0.0452. The minimum atomic E-state index is -4.39. The maximum absolute atomic E-state index is 12.4. The van der Waals surface area contributed by atoms with Crippen LogP contribution < -0.4 is 15.8 Å². The summed E-state index contributed by atoms with van der Waals surface area (Å²) in [6, 6.07) is 4.18. The van der Waals surface area contributed by atoms with Crippen molar-refractivity contribution in [1.82, 2.24) is 5.32 Å². The number of ether oxygens (including phenoxy) is 1. The Hall–Kier alpha value is -1.76. The first-order valence-corrected chi connectivity index (χ1v) is 6.89. The number of carbonyl (C=O) groups excluding carboxylic acids is 1. The van der Waals surface area contributed by atoms with Gasteiger partial charge in [-0.3, -0.25) is 4.79 Å². The van der Waals surface area contributed by atoms with E-state index in [2.05, 4.69) is 5.32 Å². The third kappa shape index (κ3) is 4.91. The molecule has 0 aromatic heterocycles. The Kier molecular flexibility index (Phi) is 5.82. The van der Waals surface area contributed by atoms with Crippen LogP contribution in [0, 0.1) is 5.92 Å². The molecule has 7 heteroatoms. The molecule has 0 fully saturated rings. The van der Waals surface area contributed by atoms with E-state index in [0.717, 1.165) is 12.1 Å². The monoisotopic (exact) mass is 318 g/mol. The first-order chi connectivity index (χ1) is 10.1. The predicted molar refractivity (Wildman–Crippen MR) is 77.4 cm³/mol. The van der Waals surface area contributed by atoms with Gasteiger partial charge in [-0.25, -0.2) is 0 Å². The summed E-state index contributed by atoms with van der Waals surface area (Å²) < 4.78 is 42.4. The number of hydrogen-bond acceptors (Lipinski definition) is 3. The highest BCUT2D eigenvalue weighted by Crippen LogP contribution is 2.30. The topological polar surface area (TPSA) is 64.3 Å². The molecule has 3 N–H and O–H groups in total. The molecule has 0 aliphatic carbocycles. The summed E-state index contributed by atoms with van der Waals surface area (Å²) >= 11 is 0. The Bertz CT molecular complexity index is 501. The summed E-state index contributed by atoms with van der Waals surface area (Å²) in [6.07, 6.45) is -4.39. The number of rotatable bonds is 6. The lowest BCUT2D eigenvalue weighted by atomic mass is 9.88. The molecule has 0 spiro atoms. The van der Waals surface area contributed by atoms with Crippen molar-refractivity contribution in [1.29, 1.82) is 0 Å². The van der Waals surface area contributed by atoms with Crippen molar-refractivity contribution in [3.8, 4) is 5.75 Å². The van der Waals surface area contributed by atoms with Gasteiger partial charge >= 0.3 is 6.18 Å². The molecule has 1 amide bonds. The number of hydrogen-bond donors (Lipinski definition) is 2. The van der Waals surface area contributed by atoms with Crippen LogP contribution in [-0.2, 0) is 11.0 Å².